The van der Waals surface area contributed by atoms with Crippen LogP contribution in [0, 0.1) is 0 Å². The molecule has 0 saturated heterocycles. The van der Waals surface area contributed by atoms with Crippen molar-refractivity contribution < 1.29 is 0 Å². The second-order valence-electron chi connectivity index (χ2n) is 5.87. The Labute approximate surface area is 121 Å². The van der Waals surface area contributed by atoms with E-state index in [9.17, 15) is 0 Å². The standard InChI is InChI=1S/C16H22N2S/c17-16(19)8-9-18(15-6-7-15)11-12-4-5-13-2-1-3-14(13)10-12/h4-5,10,15H,1-3,6-9,11H2,(H2,17,19). The minimum Gasteiger partial charge on any atom is -0.393 e. The molecule has 0 amide bonds. The van der Waals surface area contributed by atoms with Crippen LogP contribution in [0.25, 0.3) is 0 Å². The van der Waals surface area contributed by atoms with Crippen LogP contribution in [0.2, 0.25) is 0 Å². The van der Waals surface area contributed by atoms with Gasteiger partial charge < -0.3 is 5.73 Å². The molecular formula is C16H22N2S. The average molecular weight is 274 g/mol. The van der Waals surface area contributed by atoms with Crippen LogP contribution in [0.5, 0.6) is 0 Å². The van der Waals surface area contributed by atoms with Gasteiger partial charge in [0.1, 0.15) is 0 Å². The van der Waals surface area contributed by atoms with Gasteiger partial charge >= 0.3 is 0 Å². The summed E-state index contributed by atoms with van der Waals surface area (Å²) in [6.45, 7) is 2.07. The molecule has 0 spiro atoms. The third-order valence-electron chi connectivity index (χ3n) is 4.26. The van der Waals surface area contributed by atoms with Crippen molar-refractivity contribution in [3.05, 3.63) is 34.9 Å². The van der Waals surface area contributed by atoms with Crippen LogP contribution in [-0.4, -0.2) is 22.5 Å². The smallest absolute Gasteiger partial charge is 0.0740 e. The summed E-state index contributed by atoms with van der Waals surface area (Å²) in [6, 6.07) is 7.82. The molecule has 3 heteroatoms. The van der Waals surface area contributed by atoms with E-state index in [4.69, 9.17) is 18.0 Å². The zero-order valence-electron chi connectivity index (χ0n) is 11.4. The van der Waals surface area contributed by atoms with Gasteiger partial charge in [-0.3, -0.25) is 4.90 Å². The number of rotatable bonds is 6. The maximum Gasteiger partial charge on any atom is 0.0740 e. The third-order valence-corrected chi connectivity index (χ3v) is 4.46. The van der Waals surface area contributed by atoms with Crippen molar-refractivity contribution in [1.82, 2.24) is 4.90 Å². The quantitative estimate of drug-likeness (QED) is 0.809. The molecule has 0 atom stereocenters. The Morgan fingerprint density at radius 2 is 2.05 bits per heavy atom. The van der Waals surface area contributed by atoms with E-state index in [0.29, 0.717) is 4.99 Å². The Morgan fingerprint density at radius 3 is 2.79 bits per heavy atom. The highest BCUT2D eigenvalue weighted by Gasteiger charge is 2.28. The maximum atomic E-state index is 5.63. The number of hydrogen-bond acceptors (Lipinski definition) is 2. The molecule has 2 aliphatic carbocycles. The number of hydrogen-bond donors (Lipinski definition) is 1. The molecule has 1 aromatic rings. The summed E-state index contributed by atoms with van der Waals surface area (Å²) in [7, 11) is 0. The van der Waals surface area contributed by atoms with Gasteiger partial charge in [0.2, 0.25) is 0 Å². The van der Waals surface area contributed by atoms with Gasteiger partial charge in [0.25, 0.3) is 0 Å². The van der Waals surface area contributed by atoms with Gasteiger partial charge in [0.05, 0.1) is 4.99 Å². The van der Waals surface area contributed by atoms with E-state index >= 15 is 0 Å². The number of aryl methyl sites for hydroxylation is 2. The normalized spacial score (nSPS) is 17.7. The van der Waals surface area contributed by atoms with Gasteiger partial charge in [-0.05, 0) is 48.8 Å². The zero-order chi connectivity index (χ0) is 13.2. The highest BCUT2D eigenvalue weighted by Crippen LogP contribution is 2.29. The fourth-order valence-corrected chi connectivity index (χ4v) is 3.13. The predicted octanol–water partition coefficient (Wildman–Crippen LogP) is 2.82. The molecule has 3 rings (SSSR count). The van der Waals surface area contributed by atoms with Crippen molar-refractivity contribution in [2.75, 3.05) is 6.54 Å². The first kappa shape index (κ1) is 13.1. The molecule has 1 saturated carbocycles. The third kappa shape index (κ3) is 3.34. The van der Waals surface area contributed by atoms with Gasteiger partial charge in [-0.25, -0.2) is 0 Å². The van der Waals surface area contributed by atoms with Gasteiger partial charge in [0.15, 0.2) is 0 Å². The van der Waals surface area contributed by atoms with Gasteiger partial charge in [-0.1, -0.05) is 30.4 Å². The molecule has 1 fully saturated rings. The van der Waals surface area contributed by atoms with Crippen molar-refractivity contribution in [2.24, 2.45) is 5.73 Å². The highest BCUT2D eigenvalue weighted by molar-refractivity contribution is 7.80. The first-order chi connectivity index (χ1) is 9.22. The second kappa shape index (κ2) is 5.59. The number of fused-ring (bicyclic) bond motifs is 1. The van der Waals surface area contributed by atoms with Gasteiger partial charge in [-0.2, -0.15) is 0 Å². The molecule has 19 heavy (non-hydrogen) atoms. The zero-order valence-corrected chi connectivity index (χ0v) is 12.2. The summed E-state index contributed by atoms with van der Waals surface area (Å²) in [6.07, 6.45) is 7.37. The van der Waals surface area contributed by atoms with Crippen molar-refractivity contribution in [1.29, 1.82) is 0 Å². The summed E-state index contributed by atoms with van der Waals surface area (Å²) >= 11 is 5.00. The largest absolute Gasteiger partial charge is 0.393 e. The van der Waals surface area contributed by atoms with Gasteiger partial charge in [0, 0.05) is 25.6 Å². The lowest BCUT2D eigenvalue weighted by Gasteiger charge is -2.22. The van der Waals surface area contributed by atoms with E-state index in [1.807, 2.05) is 0 Å². The average Bonchev–Trinajstić information content (AvgIpc) is 3.12. The van der Waals surface area contributed by atoms with Crippen LogP contribution in [0.15, 0.2) is 18.2 Å². The molecule has 0 aliphatic heterocycles. The monoisotopic (exact) mass is 274 g/mol. The Morgan fingerprint density at radius 1 is 1.26 bits per heavy atom. The molecule has 0 bridgehead atoms. The van der Waals surface area contributed by atoms with Crippen LogP contribution >= 0.6 is 12.2 Å². The number of nitrogens with zero attached hydrogens (tertiary/aromatic N) is 1. The number of nitrogens with two attached hydrogens (primary N) is 1. The minimum absolute atomic E-state index is 0.639. The van der Waals surface area contributed by atoms with Crippen LogP contribution in [0.3, 0.4) is 0 Å². The Kier molecular flexibility index (Phi) is 3.85. The first-order valence-electron chi connectivity index (χ1n) is 7.35. The Hall–Kier alpha value is -0.930. The molecule has 0 radical (unpaired) electrons. The van der Waals surface area contributed by atoms with Crippen LogP contribution in [-0.2, 0) is 19.4 Å². The Balaban J connectivity index is 1.66. The topological polar surface area (TPSA) is 29.3 Å². The van der Waals surface area contributed by atoms with E-state index in [1.54, 1.807) is 11.1 Å². The summed E-state index contributed by atoms with van der Waals surface area (Å²) in [4.78, 5) is 3.19. The summed E-state index contributed by atoms with van der Waals surface area (Å²) < 4.78 is 0. The highest BCUT2D eigenvalue weighted by atomic mass is 32.1. The molecular weight excluding hydrogens is 252 g/mol. The fraction of sp³-hybridized carbons (Fsp3) is 0.562. The molecule has 2 N–H and O–H groups in total. The minimum atomic E-state index is 0.639. The Bertz CT molecular complexity index is 480. The molecule has 0 aromatic heterocycles. The van der Waals surface area contributed by atoms with Crippen molar-refractivity contribution in [3.63, 3.8) is 0 Å². The predicted molar refractivity (Wildman–Crippen MR) is 83.3 cm³/mol. The van der Waals surface area contributed by atoms with E-state index in [1.165, 1.54) is 37.7 Å². The fourth-order valence-electron chi connectivity index (χ4n) is 3.04. The van der Waals surface area contributed by atoms with E-state index in [0.717, 1.165) is 25.6 Å². The van der Waals surface area contributed by atoms with Crippen molar-refractivity contribution >= 4 is 17.2 Å². The molecule has 0 unspecified atom stereocenters. The molecule has 0 heterocycles. The number of benzene rings is 1. The second-order valence-corrected chi connectivity index (χ2v) is 6.40. The lowest BCUT2D eigenvalue weighted by molar-refractivity contribution is 0.262. The first-order valence-corrected chi connectivity index (χ1v) is 7.76. The molecule has 1 aromatic carbocycles. The molecule has 2 nitrogen and oxygen atoms in total. The summed E-state index contributed by atoms with van der Waals surface area (Å²) in [5, 5.41) is 0. The maximum absolute atomic E-state index is 5.63. The van der Waals surface area contributed by atoms with E-state index in [-0.39, 0.29) is 0 Å². The van der Waals surface area contributed by atoms with E-state index in [2.05, 4.69) is 23.1 Å². The molecule has 102 valence electrons. The number of thiocarbonyl (C=S) groups is 1. The SMILES string of the molecule is NC(=S)CCN(Cc1ccc2c(c1)CCC2)C1CC1. The van der Waals surface area contributed by atoms with Crippen LogP contribution < -0.4 is 5.73 Å². The lowest BCUT2D eigenvalue weighted by Crippen LogP contribution is -2.29. The van der Waals surface area contributed by atoms with Gasteiger partial charge in [-0.15, -0.1) is 0 Å². The van der Waals surface area contributed by atoms with Crippen molar-refractivity contribution in [3.8, 4) is 0 Å². The van der Waals surface area contributed by atoms with Crippen LogP contribution in [0.4, 0.5) is 0 Å². The van der Waals surface area contributed by atoms with Crippen LogP contribution in [0.1, 0.15) is 42.4 Å². The van der Waals surface area contributed by atoms with Crippen molar-refractivity contribution in [2.45, 2.75) is 51.1 Å². The lowest BCUT2D eigenvalue weighted by atomic mass is 10.1. The summed E-state index contributed by atoms with van der Waals surface area (Å²) in [5.41, 5.74) is 10.2. The molecule has 2 aliphatic rings. The summed E-state index contributed by atoms with van der Waals surface area (Å²) in [5.74, 6) is 0. The van der Waals surface area contributed by atoms with E-state index < -0.39 is 0 Å².